The van der Waals surface area contributed by atoms with E-state index in [1.165, 1.54) is 25.5 Å². The number of likely N-dealkylation sites (tertiary alicyclic amines) is 1. The quantitative estimate of drug-likeness (QED) is 0.856. The van der Waals surface area contributed by atoms with Crippen LogP contribution in [0.25, 0.3) is 0 Å². The van der Waals surface area contributed by atoms with Gasteiger partial charge in [-0.3, -0.25) is 9.67 Å². The summed E-state index contributed by atoms with van der Waals surface area (Å²) in [6.45, 7) is 1.65. The van der Waals surface area contributed by atoms with Crippen molar-refractivity contribution in [3.63, 3.8) is 0 Å². The first kappa shape index (κ1) is 19.3. The number of sulfone groups is 1. The molecule has 3 rings (SSSR count). The second-order valence-electron chi connectivity index (χ2n) is 6.72. The third kappa shape index (κ3) is 3.66. The van der Waals surface area contributed by atoms with Gasteiger partial charge in [0.15, 0.2) is 5.03 Å². The van der Waals surface area contributed by atoms with Gasteiger partial charge in [-0.05, 0) is 38.0 Å². The number of piperidine rings is 1. The number of aromatic nitrogens is 3. The van der Waals surface area contributed by atoms with Crippen LogP contribution in [0, 0.1) is 5.92 Å². The summed E-state index contributed by atoms with van der Waals surface area (Å²) < 4.78 is 42.1. The molecule has 1 aliphatic heterocycles. The minimum absolute atomic E-state index is 0.149. The van der Waals surface area contributed by atoms with E-state index in [0.717, 1.165) is 11.6 Å². The summed E-state index contributed by atoms with van der Waals surface area (Å²) in [6, 6.07) is 4.41. The molecule has 1 saturated heterocycles. The second kappa shape index (κ2) is 7.26. The molecule has 2 aromatic heterocycles. The highest BCUT2D eigenvalue weighted by Crippen LogP contribution is 2.39. The number of pyridine rings is 1. The van der Waals surface area contributed by atoms with Gasteiger partial charge in [-0.15, -0.1) is 0 Å². The Morgan fingerprint density at radius 3 is 2.56 bits per heavy atom. The molecule has 0 aliphatic carbocycles. The summed E-state index contributed by atoms with van der Waals surface area (Å²) >= 11 is 0. The summed E-state index contributed by atoms with van der Waals surface area (Å²) in [5, 5.41) is 3.96. The van der Waals surface area contributed by atoms with E-state index in [4.69, 9.17) is 0 Å². The molecule has 1 N–H and O–H groups in total. The topological polar surface area (TPSA) is 97.2 Å². The Balaban J connectivity index is 1.66. The Morgan fingerprint density at radius 2 is 2.00 bits per heavy atom. The number of hydrogen-bond acceptors (Lipinski definition) is 5. The highest BCUT2D eigenvalue weighted by Gasteiger charge is 2.49. The molecule has 3 heterocycles. The molecule has 1 atom stereocenters. The molecule has 146 valence electrons. The third-order valence-corrected chi connectivity index (χ3v) is 7.34. The highest BCUT2D eigenvalue weighted by atomic mass is 32.2. The Hall–Kier alpha value is -2.49. The zero-order valence-corrected chi connectivity index (χ0v) is 16.0. The molecule has 1 unspecified atom stereocenters. The Morgan fingerprint density at radius 1 is 1.30 bits per heavy atom. The number of nitrogens with zero attached hydrogens (tertiary/aromatic N) is 4. The van der Waals surface area contributed by atoms with Crippen LogP contribution in [0.3, 0.4) is 0 Å². The van der Waals surface area contributed by atoms with Crippen LogP contribution in [0.2, 0.25) is 0 Å². The van der Waals surface area contributed by atoms with E-state index >= 15 is 4.39 Å². The molecule has 0 bridgehead atoms. The summed E-state index contributed by atoms with van der Waals surface area (Å²) in [6.07, 6.45) is 4.97. The summed E-state index contributed by atoms with van der Waals surface area (Å²) in [4.78, 5) is 17.8. The zero-order chi connectivity index (χ0) is 19.7. The number of urea groups is 1. The molecule has 27 heavy (non-hydrogen) atoms. The van der Waals surface area contributed by atoms with Crippen molar-refractivity contribution in [1.82, 2.24) is 19.7 Å². The van der Waals surface area contributed by atoms with Gasteiger partial charge in [0, 0.05) is 32.3 Å². The zero-order valence-electron chi connectivity index (χ0n) is 15.2. The number of halogens is 1. The SMILES string of the molecule is Cn1nccc1S(=O)(=O)C(C)(F)C1CCN(C(=O)Nc2cccnc2)CC1. The summed E-state index contributed by atoms with van der Waals surface area (Å²) in [5.41, 5.74) is 0.568. The van der Waals surface area contributed by atoms with E-state index in [9.17, 15) is 13.2 Å². The molecule has 10 heteroatoms. The molecular formula is C17H22FN5O3S. The van der Waals surface area contributed by atoms with Crippen molar-refractivity contribution in [2.24, 2.45) is 13.0 Å². The number of rotatable bonds is 4. The molecule has 2 amide bonds. The summed E-state index contributed by atoms with van der Waals surface area (Å²) in [7, 11) is -2.74. The van der Waals surface area contributed by atoms with Gasteiger partial charge in [0.2, 0.25) is 14.8 Å². The third-order valence-electron chi connectivity index (χ3n) is 5.00. The van der Waals surface area contributed by atoms with Gasteiger partial charge in [0.25, 0.3) is 0 Å². The van der Waals surface area contributed by atoms with Crippen LogP contribution >= 0.6 is 0 Å². The molecule has 1 fully saturated rings. The molecule has 0 spiro atoms. The largest absolute Gasteiger partial charge is 0.325 e. The van der Waals surface area contributed by atoms with Crippen LogP contribution in [0.4, 0.5) is 14.9 Å². The first-order valence-corrected chi connectivity index (χ1v) is 10.1. The van der Waals surface area contributed by atoms with E-state index in [0.29, 0.717) is 5.69 Å². The Kier molecular flexibility index (Phi) is 5.18. The van der Waals surface area contributed by atoms with Crippen molar-refractivity contribution < 1.29 is 17.6 Å². The van der Waals surface area contributed by atoms with Crippen molar-refractivity contribution in [1.29, 1.82) is 0 Å². The average molecular weight is 395 g/mol. The highest BCUT2D eigenvalue weighted by molar-refractivity contribution is 7.92. The molecule has 0 saturated carbocycles. The number of anilines is 1. The van der Waals surface area contributed by atoms with Crippen molar-refractivity contribution in [2.75, 3.05) is 18.4 Å². The fourth-order valence-corrected chi connectivity index (χ4v) is 5.01. The van der Waals surface area contributed by atoms with Crippen LogP contribution in [0.15, 0.2) is 41.8 Å². The maximum atomic E-state index is 15.4. The molecule has 1 aliphatic rings. The fraction of sp³-hybridized carbons (Fsp3) is 0.471. The summed E-state index contributed by atoms with van der Waals surface area (Å²) in [5.74, 6) is -0.708. The smallest absolute Gasteiger partial charge is 0.321 e. The maximum absolute atomic E-state index is 15.4. The molecule has 2 aromatic rings. The molecule has 8 nitrogen and oxygen atoms in total. The van der Waals surface area contributed by atoms with E-state index in [-0.39, 0.29) is 37.0 Å². The Bertz CT molecular complexity index is 906. The van der Waals surface area contributed by atoms with Gasteiger partial charge in [-0.2, -0.15) is 5.10 Å². The number of alkyl halides is 1. The van der Waals surface area contributed by atoms with E-state index in [2.05, 4.69) is 15.4 Å². The lowest BCUT2D eigenvalue weighted by molar-refractivity contribution is 0.117. The fourth-order valence-electron chi connectivity index (χ4n) is 3.29. The maximum Gasteiger partial charge on any atom is 0.321 e. The first-order chi connectivity index (χ1) is 12.7. The minimum atomic E-state index is -4.21. The first-order valence-electron chi connectivity index (χ1n) is 8.61. The monoisotopic (exact) mass is 395 g/mol. The standard InChI is InChI=1S/C17H22FN5O3S/c1-17(18,27(25,26)15-5-9-20-22(15)2)13-6-10-23(11-7-13)16(24)21-14-4-3-8-19-12-14/h3-5,8-9,12-13H,6-7,10-11H2,1-2H3,(H,21,24). The number of hydrogen-bond donors (Lipinski definition) is 1. The van der Waals surface area contributed by atoms with Gasteiger partial charge in [0.1, 0.15) is 0 Å². The minimum Gasteiger partial charge on any atom is -0.325 e. The van der Waals surface area contributed by atoms with Gasteiger partial charge in [0.05, 0.1) is 18.1 Å². The van der Waals surface area contributed by atoms with Crippen molar-refractivity contribution in [2.45, 2.75) is 29.8 Å². The number of carbonyl (C=O) groups excluding carboxylic acids is 1. The number of aryl methyl sites for hydroxylation is 1. The van der Waals surface area contributed by atoms with Gasteiger partial charge in [-0.1, -0.05) is 0 Å². The number of amides is 2. The van der Waals surface area contributed by atoms with Gasteiger partial charge in [-0.25, -0.2) is 17.6 Å². The van der Waals surface area contributed by atoms with Gasteiger partial charge >= 0.3 is 6.03 Å². The Labute approximate surface area is 157 Å². The van der Waals surface area contributed by atoms with E-state index < -0.39 is 20.8 Å². The average Bonchev–Trinajstić information content (AvgIpc) is 3.09. The predicted molar refractivity (Wildman–Crippen MR) is 97.5 cm³/mol. The second-order valence-corrected chi connectivity index (χ2v) is 8.94. The lowest BCUT2D eigenvalue weighted by Crippen LogP contribution is -2.48. The van der Waals surface area contributed by atoms with Crippen molar-refractivity contribution >= 4 is 21.6 Å². The van der Waals surface area contributed by atoms with E-state index in [1.807, 2.05) is 0 Å². The van der Waals surface area contributed by atoms with Crippen molar-refractivity contribution in [3.05, 3.63) is 36.8 Å². The normalized spacial score (nSPS) is 18.1. The predicted octanol–water partition coefficient (Wildman–Crippen LogP) is 2.22. The van der Waals surface area contributed by atoms with E-state index in [1.54, 1.807) is 23.2 Å². The molecule has 0 radical (unpaired) electrons. The molecular weight excluding hydrogens is 373 g/mol. The van der Waals surface area contributed by atoms with Gasteiger partial charge < -0.3 is 10.2 Å². The van der Waals surface area contributed by atoms with Crippen LogP contribution in [0.1, 0.15) is 19.8 Å². The van der Waals surface area contributed by atoms with Crippen LogP contribution in [0.5, 0.6) is 0 Å². The van der Waals surface area contributed by atoms with Crippen molar-refractivity contribution in [3.8, 4) is 0 Å². The number of carbonyl (C=O) groups is 1. The number of nitrogens with one attached hydrogen (secondary N) is 1. The lowest BCUT2D eigenvalue weighted by Gasteiger charge is -2.37. The van der Waals surface area contributed by atoms with Crippen LogP contribution in [-0.4, -0.2) is 52.2 Å². The van der Waals surface area contributed by atoms with Crippen LogP contribution in [-0.2, 0) is 16.9 Å². The molecule has 0 aromatic carbocycles. The van der Waals surface area contributed by atoms with Crippen LogP contribution < -0.4 is 5.32 Å². The lowest BCUT2D eigenvalue weighted by atomic mass is 9.92.